The Hall–Kier alpha value is -1.22. The van der Waals surface area contributed by atoms with Crippen LogP contribution in [0.4, 0.5) is 5.69 Å². The van der Waals surface area contributed by atoms with Crippen molar-refractivity contribution < 1.29 is 9.90 Å². The molecule has 17 heavy (non-hydrogen) atoms. The number of hydrogen-bond acceptors (Lipinski definition) is 2. The van der Waals surface area contributed by atoms with Crippen molar-refractivity contribution in [2.45, 2.75) is 32.6 Å². The zero-order valence-electron chi connectivity index (χ0n) is 10.0. The van der Waals surface area contributed by atoms with E-state index in [2.05, 4.69) is 5.32 Å². The van der Waals surface area contributed by atoms with Crippen molar-refractivity contribution in [3.63, 3.8) is 0 Å². The Morgan fingerprint density at radius 1 is 1.35 bits per heavy atom. The smallest absolute Gasteiger partial charge is 0.303 e. The van der Waals surface area contributed by atoms with E-state index in [4.69, 9.17) is 16.7 Å². The van der Waals surface area contributed by atoms with Crippen LogP contribution < -0.4 is 5.32 Å². The Morgan fingerprint density at radius 2 is 2.12 bits per heavy atom. The second-order valence-electron chi connectivity index (χ2n) is 4.06. The molecular formula is C13H18ClNO2. The van der Waals surface area contributed by atoms with Crippen LogP contribution in [-0.4, -0.2) is 17.6 Å². The normalized spacial score (nSPS) is 10.2. The maximum absolute atomic E-state index is 10.3. The molecule has 0 saturated heterocycles. The number of nitrogens with one attached hydrogen (secondary N) is 1. The molecule has 1 aromatic carbocycles. The molecule has 0 amide bonds. The third-order valence-corrected chi connectivity index (χ3v) is 2.91. The number of hydrogen-bond donors (Lipinski definition) is 2. The van der Waals surface area contributed by atoms with Gasteiger partial charge in [0.15, 0.2) is 0 Å². The van der Waals surface area contributed by atoms with Crippen molar-refractivity contribution >= 4 is 23.3 Å². The van der Waals surface area contributed by atoms with Crippen LogP contribution in [0, 0.1) is 6.92 Å². The van der Waals surface area contributed by atoms with Gasteiger partial charge in [0.05, 0.1) is 10.7 Å². The zero-order valence-corrected chi connectivity index (χ0v) is 10.8. The molecule has 0 spiro atoms. The van der Waals surface area contributed by atoms with Crippen LogP contribution in [0.5, 0.6) is 0 Å². The van der Waals surface area contributed by atoms with E-state index in [1.807, 2.05) is 25.1 Å². The summed E-state index contributed by atoms with van der Waals surface area (Å²) >= 11 is 6.07. The minimum atomic E-state index is -0.722. The molecule has 0 atom stereocenters. The van der Waals surface area contributed by atoms with Gasteiger partial charge in [-0.2, -0.15) is 0 Å². The fourth-order valence-electron chi connectivity index (χ4n) is 1.65. The van der Waals surface area contributed by atoms with Crippen LogP contribution in [0.15, 0.2) is 18.2 Å². The van der Waals surface area contributed by atoms with Crippen molar-refractivity contribution in [3.05, 3.63) is 28.8 Å². The molecule has 0 aliphatic heterocycles. The lowest BCUT2D eigenvalue weighted by Gasteiger charge is -2.10. The number of anilines is 1. The molecule has 0 saturated carbocycles. The largest absolute Gasteiger partial charge is 0.481 e. The highest BCUT2D eigenvalue weighted by Crippen LogP contribution is 2.25. The molecule has 0 heterocycles. The van der Waals surface area contributed by atoms with Gasteiger partial charge in [-0.1, -0.05) is 30.2 Å². The highest BCUT2D eigenvalue weighted by molar-refractivity contribution is 6.33. The second-order valence-corrected chi connectivity index (χ2v) is 4.47. The highest BCUT2D eigenvalue weighted by Gasteiger charge is 2.02. The predicted octanol–water partition coefficient (Wildman–Crippen LogP) is 3.71. The summed E-state index contributed by atoms with van der Waals surface area (Å²) < 4.78 is 0. The minimum Gasteiger partial charge on any atom is -0.481 e. The van der Waals surface area contributed by atoms with Gasteiger partial charge >= 0.3 is 5.97 Å². The van der Waals surface area contributed by atoms with Crippen LogP contribution in [0.1, 0.15) is 31.2 Å². The fraction of sp³-hybridized carbons (Fsp3) is 0.462. The minimum absolute atomic E-state index is 0.255. The zero-order chi connectivity index (χ0) is 12.7. The number of rotatable bonds is 7. The number of aliphatic carboxylic acids is 1. The summed E-state index contributed by atoms with van der Waals surface area (Å²) in [4.78, 5) is 10.3. The van der Waals surface area contributed by atoms with E-state index in [1.165, 1.54) is 0 Å². The standard InChI is InChI=1S/C13H18ClNO2/c1-10-6-5-7-11(14)13(10)15-9-4-2-3-8-12(16)17/h5-7,15H,2-4,8-9H2,1H3,(H,16,17). The molecule has 0 aliphatic carbocycles. The van der Waals surface area contributed by atoms with Crippen LogP contribution >= 0.6 is 11.6 Å². The summed E-state index contributed by atoms with van der Waals surface area (Å²) in [5.41, 5.74) is 2.11. The van der Waals surface area contributed by atoms with E-state index in [9.17, 15) is 4.79 Å². The van der Waals surface area contributed by atoms with Gasteiger partial charge in [0.1, 0.15) is 0 Å². The lowest BCUT2D eigenvalue weighted by atomic mass is 10.1. The topological polar surface area (TPSA) is 49.3 Å². The molecule has 0 bridgehead atoms. The number of unbranched alkanes of at least 4 members (excludes halogenated alkanes) is 2. The average molecular weight is 256 g/mol. The summed E-state index contributed by atoms with van der Waals surface area (Å²) in [5.74, 6) is -0.722. The van der Waals surface area contributed by atoms with Crippen molar-refractivity contribution in [2.24, 2.45) is 0 Å². The quantitative estimate of drug-likeness (QED) is 0.731. The van der Waals surface area contributed by atoms with Gasteiger partial charge in [-0.25, -0.2) is 0 Å². The Morgan fingerprint density at radius 3 is 2.76 bits per heavy atom. The molecule has 1 aromatic rings. The third kappa shape index (κ3) is 5.09. The van der Waals surface area contributed by atoms with E-state index < -0.39 is 5.97 Å². The maximum Gasteiger partial charge on any atom is 0.303 e. The van der Waals surface area contributed by atoms with Gasteiger partial charge in [-0.15, -0.1) is 0 Å². The Labute approximate surface area is 107 Å². The molecule has 0 unspecified atom stereocenters. The maximum atomic E-state index is 10.3. The Balaban J connectivity index is 2.24. The molecule has 3 nitrogen and oxygen atoms in total. The fourth-order valence-corrected chi connectivity index (χ4v) is 1.94. The number of carbonyl (C=O) groups is 1. The van der Waals surface area contributed by atoms with Crippen LogP contribution in [0.2, 0.25) is 5.02 Å². The summed E-state index contributed by atoms with van der Waals surface area (Å²) in [6, 6.07) is 5.80. The summed E-state index contributed by atoms with van der Waals surface area (Å²) in [7, 11) is 0. The van der Waals surface area contributed by atoms with E-state index >= 15 is 0 Å². The van der Waals surface area contributed by atoms with Crippen molar-refractivity contribution in [3.8, 4) is 0 Å². The monoisotopic (exact) mass is 255 g/mol. The highest BCUT2D eigenvalue weighted by atomic mass is 35.5. The first-order valence-corrected chi connectivity index (χ1v) is 6.20. The first kappa shape index (κ1) is 13.8. The molecule has 0 radical (unpaired) electrons. The van der Waals surface area contributed by atoms with Crippen molar-refractivity contribution in [1.82, 2.24) is 0 Å². The van der Waals surface area contributed by atoms with Crippen LogP contribution in [-0.2, 0) is 4.79 Å². The molecule has 0 aromatic heterocycles. The SMILES string of the molecule is Cc1cccc(Cl)c1NCCCCCC(=O)O. The number of halogens is 1. The van der Waals surface area contributed by atoms with Gasteiger partial charge < -0.3 is 10.4 Å². The number of benzene rings is 1. The molecule has 0 fully saturated rings. The molecule has 0 aliphatic rings. The predicted molar refractivity (Wildman–Crippen MR) is 70.8 cm³/mol. The number of para-hydroxylation sites is 1. The van der Waals surface area contributed by atoms with Gasteiger partial charge in [0.25, 0.3) is 0 Å². The average Bonchev–Trinajstić information content (AvgIpc) is 2.26. The van der Waals surface area contributed by atoms with Gasteiger partial charge in [0.2, 0.25) is 0 Å². The van der Waals surface area contributed by atoms with E-state index in [0.717, 1.165) is 42.1 Å². The first-order chi connectivity index (χ1) is 8.11. The van der Waals surface area contributed by atoms with Gasteiger partial charge in [-0.3, -0.25) is 4.79 Å². The van der Waals surface area contributed by atoms with Crippen molar-refractivity contribution in [2.75, 3.05) is 11.9 Å². The van der Waals surface area contributed by atoms with Gasteiger partial charge in [-0.05, 0) is 31.4 Å². The molecule has 2 N–H and O–H groups in total. The van der Waals surface area contributed by atoms with Crippen LogP contribution in [0.3, 0.4) is 0 Å². The number of carboxylic acids is 1. The Bertz CT molecular complexity index is 359. The third-order valence-electron chi connectivity index (χ3n) is 2.59. The lowest BCUT2D eigenvalue weighted by Crippen LogP contribution is -2.04. The molecule has 4 heteroatoms. The summed E-state index contributed by atoms with van der Waals surface area (Å²) in [6.07, 6.45) is 2.87. The molecule has 1 rings (SSSR count). The van der Waals surface area contributed by atoms with Gasteiger partial charge in [0, 0.05) is 13.0 Å². The van der Waals surface area contributed by atoms with E-state index in [-0.39, 0.29) is 6.42 Å². The molecule has 94 valence electrons. The Kier molecular flexibility index (Phi) is 5.84. The number of carboxylic acid groups (broad SMARTS) is 1. The van der Waals surface area contributed by atoms with E-state index in [0.29, 0.717) is 0 Å². The van der Waals surface area contributed by atoms with Crippen molar-refractivity contribution in [1.29, 1.82) is 0 Å². The van der Waals surface area contributed by atoms with Crippen LogP contribution in [0.25, 0.3) is 0 Å². The summed E-state index contributed by atoms with van der Waals surface area (Å²) in [5, 5.41) is 12.5. The molecular weight excluding hydrogens is 238 g/mol. The van der Waals surface area contributed by atoms with E-state index in [1.54, 1.807) is 0 Å². The number of aryl methyl sites for hydroxylation is 1. The first-order valence-electron chi connectivity index (χ1n) is 5.82. The summed E-state index contributed by atoms with van der Waals surface area (Å²) in [6.45, 7) is 2.84. The lowest BCUT2D eigenvalue weighted by molar-refractivity contribution is -0.137. The second kappa shape index (κ2) is 7.17.